The quantitative estimate of drug-likeness (QED) is 0.0690. The van der Waals surface area contributed by atoms with Gasteiger partial charge in [-0.05, 0) is 96.6 Å². The van der Waals surface area contributed by atoms with E-state index in [1.165, 1.54) is 16.3 Å². The van der Waals surface area contributed by atoms with E-state index in [2.05, 4.69) is 51.7 Å². The third-order valence-electron chi connectivity index (χ3n) is 7.84. The molecule has 3 aromatic carbocycles. The summed E-state index contributed by atoms with van der Waals surface area (Å²) in [6.07, 6.45) is 7.01. The lowest BCUT2D eigenvalue weighted by Gasteiger charge is -2.15. The van der Waals surface area contributed by atoms with Gasteiger partial charge in [-0.2, -0.15) is 0 Å². The van der Waals surface area contributed by atoms with Crippen molar-refractivity contribution >= 4 is 67.0 Å². The molecule has 0 bridgehead atoms. The molecule has 4 aromatic rings. The van der Waals surface area contributed by atoms with E-state index < -0.39 is 5.97 Å². The van der Waals surface area contributed by atoms with E-state index in [0.717, 1.165) is 46.8 Å². The van der Waals surface area contributed by atoms with Crippen LogP contribution in [-0.4, -0.2) is 27.9 Å². The van der Waals surface area contributed by atoms with E-state index in [-0.39, 0.29) is 11.6 Å². The van der Waals surface area contributed by atoms with Gasteiger partial charge in [-0.15, -0.1) is 11.8 Å². The van der Waals surface area contributed by atoms with Gasteiger partial charge in [0.05, 0.1) is 5.56 Å². The highest BCUT2D eigenvalue weighted by Crippen LogP contribution is 2.34. The van der Waals surface area contributed by atoms with Gasteiger partial charge in [-0.3, -0.25) is 14.4 Å². The number of carbonyl (C=O) groups is 3. The number of Topliss-reactive ketones (excluding diaryl/α,β-unsaturated/α-hetero) is 1. The number of benzene rings is 2. The number of rotatable bonds is 11. The van der Waals surface area contributed by atoms with E-state index in [9.17, 15) is 14.4 Å². The maximum absolute atomic E-state index is 14.1. The number of carbonyl (C=O) groups excluding carboxylic acids is 3. The highest BCUT2D eigenvalue weighted by molar-refractivity contribution is 9.11. The topological polar surface area (TPSA) is 65.4 Å². The Hall–Kier alpha value is -3.86. The molecule has 0 amide bonds. The molecule has 0 unspecified atom stereocenters. The zero-order valence-electron chi connectivity index (χ0n) is 25.4. The van der Waals surface area contributed by atoms with E-state index in [0.29, 0.717) is 46.6 Å². The first kappa shape index (κ1) is 31.6. The Balaban J connectivity index is 1.54. The minimum atomic E-state index is -0.438. The van der Waals surface area contributed by atoms with Crippen LogP contribution in [0.5, 0.6) is 0 Å². The molecule has 0 saturated carbocycles. The number of ketones is 2. The van der Waals surface area contributed by atoms with Gasteiger partial charge in [-0.1, -0.05) is 47.1 Å². The standard InChI is InChI=1S/C37H34BrNO4S/c1-5-35(43-24(4)40)30(19-20-44-28-15-13-27(38)14-16-28)37(42)26-12-18-34-32(22-26)31-21-25(11-17-33(31)39(34)6-2)36(41)29-10-8-7-9-23(29)3/h7,9,11-13,15,17-18,21-22H,5-6,14,16,19-20H2,1-4H3. The van der Waals surface area contributed by atoms with Crippen molar-refractivity contribution < 1.29 is 19.1 Å². The Bertz CT molecular complexity index is 1880. The number of nitrogens with zero attached hydrogens (tertiary/aromatic N) is 1. The van der Waals surface area contributed by atoms with Crippen LogP contribution in [0.2, 0.25) is 0 Å². The van der Waals surface area contributed by atoms with Gasteiger partial charge in [-0.25, -0.2) is 0 Å². The lowest BCUT2D eigenvalue weighted by molar-refractivity contribution is -0.137. The molecule has 0 fully saturated rings. The van der Waals surface area contributed by atoms with Crippen LogP contribution in [0, 0.1) is 19.1 Å². The monoisotopic (exact) mass is 667 g/mol. The summed E-state index contributed by atoms with van der Waals surface area (Å²) < 4.78 is 8.94. The summed E-state index contributed by atoms with van der Waals surface area (Å²) in [5, 5.41) is 1.80. The molecule has 0 saturated heterocycles. The van der Waals surface area contributed by atoms with Crippen LogP contribution in [0.1, 0.15) is 78.3 Å². The Morgan fingerprint density at radius 1 is 0.977 bits per heavy atom. The maximum atomic E-state index is 14.1. The lowest BCUT2D eigenvalue weighted by Crippen LogP contribution is -2.11. The average Bonchev–Trinajstić information content (AvgIpc) is 3.34. The molecule has 1 aromatic heterocycles. The molecule has 0 aliphatic heterocycles. The molecule has 44 heavy (non-hydrogen) atoms. The second kappa shape index (κ2) is 13.8. The SMILES string of the molecule is CCC(OC(C)=O)=C(CCSC1=CC=C(Br)CC1)C(=O)c1ccc2c(c1)c1cc(C(=O)c3c#cccc3C)ccc1n2CC. The lowest BCUT2D eigenvalue weighted by atomic mass is 9.96. The van der Waals surface area contributed by atoms with Gasteiger partial charge >= 0.3 is 5.97 Å². The summed E-state index contributed by atoms with van der Waals surface area (Å²) in [6.45, 7) is 7.96. The fourth-order valence-electron chi connectivity index (χ4n) is 5.64. The molecule has 1 heterocycles. The van der Waals surface area contributed by atoms with Gasteiger partial charge in [0.1, 0.15) is 5.76 Å². The molecule has 224 valence electrons. The van der Waals surface area contributed by atoms with Crippen molar-refractivity contribution in [1.82, 2.24) is 4.57 Å². The Kier molecular flexibility index (Phi) is 9.93. The summed E-state index contributed by atoms with van der Waals surface area (Å²) in [5.41, 5.74) is 4.92. The van der Waals surface area contributed by atoms with Crippen LogP contribution in [0.25, 0.3) is 21.8 Å². The van der Waals surface area contributed by atoms with Crippen molar-refractivity contribution in [3.63, 3.8) is 0 Å². The van der Waals surface area contributed by atoms with E-state index in [4.69, 9.17) is 4.74 Å². The molecule has 7 heteroatoms. The third kappa shape index (κ3) is 6.62. The van der Waals surface area contributed by atoms with Gasteiger partial charge in [0.25, 0.3) is 0 Å². The highest BCUT2D eigenvalue weighted by Gasteiger charge is 2.22. The molecule has 0 N–H and O–H groups in total. The first-order chi connectivity index (χ1) is 21.2. The molecule has 1 aliphatic rings. The number of halogens is 1. The van der Waals surface area contributed by atoms with Crippen LogP contribution in [0.15, 0.2) is 81.4 Å². The molecule has 1 aliphatic carbocycles. The Morgan fingerprint density at radius 3 is 2.30 bits per heavy atom. The maximum Gasteiger partial charge on any atom is 0.307 e. The summed E-state index contributed by atoms with van der Waals surface area (Å²) >= 11 is 5.28. The van der Waals surface area contributed by atoms with Crippen molar-refractivity contribution in [3.8, 4) is 0 Å². The molecule has 5 rings (SSSR count). The highest BCUT2D eigenvalue weighted by atomic mass is 79.9. The number of thioether (sulfide) groups is 1. The predicted molar refractivity (Wildman–Crippen MR) is 182 cm³/mol. The van der Waals surface area contributed by atoms with E-state index in [1.54, 1.807) is 17.8 Å². The molecular formula is C37H34BrNO4S. The second-order valence-electron chi connectivity index (χ2n) is 10.7. The van der Waals surface area contributed by atoms with Gasteiger partial charge in [0, 0.05) is 64.1 Å². The molecular weight excluding hydrogens is 634 g/mol. The van der Waals surface area contributed by atoms with Crippen molar-refractivity contribution in [2.24, 2.45) is 0 Å². The largest absolute Gasteiger partial charge is 0.431 e. The van der Waals surface area contributed by atoms with Crippen LogP contribution in [0.3, 0.4) is 0 Å². The number of fused-ring (bicyclic) bond motifs is 3. The predicted octanol–water partition coefficient (Wildman–Crippen LogP) is 9.44. The fraction of sp³-hybridized carbons (Fsp3) is 0.270. The number of allylic oxidation sites excluding steroid dienone is 6. The van der Waals surface area contributed by atoms with Crippen molar-refractivity contribution in [2.75, 3.05) is 5.75 Å². The first-order valence-corrected chi connectivity index (χ1v) is 16.6. The van der Waals surface area contributed by atoms with Crippen LogP contribution in [-0.2, 0) is 16.1 Å². The zero-order valence-corrected chi connectivity index (χ0v) is 27.8. The normalized spacial score (nSPS) is 13.7. The zero-order chi connectivity index (χ0) is 31.4. The molecule has 5 nitrogen and oxygen atoms in total. The number of ether oxygens (including phenoxy) is 1. The van der Waals surface area contributed by atoms with Crippen LogP contribution < -0.4 is 0 Å². The summed E-state index contributed by atoms with van der Waals surface area (Å²) in [7, 11) is 0. The molecule has 0 radical (unpaired) electrons. The number of aromatic nitrogens is 1. The minimum absolute atomic E-state index is 0.113. The molecule has 0 atom stereocenters. The van der Waals surface area contributed by atoms with Crippen molar-refractivity contribution in [1.29, 1.82) is 0 Å². The van der Waals surface area contributed by atoms with E-state index >= 15 is 0 Å². The summed E-state index contributed by atoms with van der Waals surface area (Å²) in [5.74, 6) is 0.406. The van der Waals surface area contributed by atoms with Crippen LogP contribution in [0.4, 0.5) is 0 Å². The number of hydrogen-bond acceptors (Lipinski definition) is 5. The fourth-order valence-corrected chi connectivity index (χ4v) is 6.95. The first-order valence-electron chi connectivity index (χ1n) is 14.8. The summed E-state index contributed by atoms with van der Waals surface area (Å²) in [4.78, 5) is 40.8. The van der Waals surface area contributed by atoms with Gasteiger partial charge in [0.2, 0.25) is 5.78 Å². The smallest absolute Gasteiger partial charge is 0.307 e. The average molecular weight is 669 g/mol. The van der Waals surface area contributed by atoms with Crippen molar-refractivity contribution in [3.05, 3.63) is 116 Å². The third-order valence-corrected chi connectivity index (χ3v) is 9.62. The van der Waals surface area contributed by atoms with Gasteiger partial charge in [0.15, 0.2) is 5.78 Å². The van der Waals surface area contributed by atoms with Crippen LogP contribution >= 0.6 is 27.7 Å². The number of aryl methyl sites for hydroxylation is 2. The second-order valence-corrected chi connectivity index (χ2v) is 13.0. The summed E-state index contributed by atoms with van der Waals surface area (Å²) in [6, 6.07) is 20.9. The van der Waals surface area contributed by atoms with Crippen molar-refractivity contribution in [2.45, 2.75) is 59.9 Å². The Labute approximate surface area is 271 Å². The number of hydrogen-bond donors (Lipinski definition) is 0. The molecule has 0 spiro atoms. The van der Waals surface area contributed by atoms with Gasteiger partial charge < -0.3 is 9.30 Å². The number of esters is 1. The van der Waals surface area contributed by atoms with E-state index in [1.807, 2.05) is 56.3 Å². The Morgan fingerprint density at radius 2 is 1.68 bits per heavy atom. The minimum Gasteiger partial charge on any atom is -0.431 e.